The van der Waals surface area contributed by atoms with Gasteiger partial charge < -0.3 is 31.2 Å². The van der Waals surface area contributed by atoms with E-state index in [0.29, 0.717) is 29.6 Å². The normalized spacial score (nSPS) is 11.3. The summed E-state index contributed by atoms with van der Waals surface area (Å²) in [6, 6.07) is 6.13. The summed E-state index contributed by atoms with van der Waals surface area (Å²) in [6.45, 7) is 6.89. The van der Waals surface area contributed by atoms with E-state index in [-0.39, 0.29) is 12.3 Å². The average molecular weight is 393 g/mol. The maximum absolute atomic E-state index is 12.2. The monoisotopic (exact) mass is 392 g/mol. The van der Waals surface area contributed by atoms with Crippen molar-refractivity contribution < 1.29 is 20.0 Å². The summed E-state index contributed by atoms with van der Waals surface area (Å²) >= 11 is 5.14. The number of nitrogens with two attached hydrogens (primary N) is 1. The van der Waals surface area contributed by atoms with Crippen LogP contribution in [0, 0.1) is 0 Å². The van der Waals surface area contributed by atoms with Gasteiger partial charge in [-0.2, -0.15) is 0 Å². The largest absolute Gasteiger partial charge is 0.544 e. The molecule has 27 heavy (non-hydrogen) atoms. The number of carboxylic acid groups (broad SMARTS) is 1. The summed E-state index contributed by atoms with van der Waals surface area (Å²) in [5.74, 6) is -1.60. The number of anilines is 2. The Morgan fingerprint density at radius 3 is 2.63 bits per heavy atom. The second-order valence-electron chi connectivity index (χ2n) is 6.11. The van der Waals surface area contributed by atoms with E-state index in [4.69, 9.17) is 12.2 Å². The van der Waals surface area contributed by atoms with Crippen LogP contribution in [0.15, 0.2) is 36.9 Å². The molecule has 0 saturated carbocycles. The van der Waals surface area contributed by atoms with Crippen LogP contribution in [0.1, 0.15) is 32.6 Å². The van der Waals surface area contributed by atoms with Crippen molar-refractivity contribution in [3.63, 3.8) is 0 Å². The van der Waals surface area contributed by atoms with E-state index in [1.54, 1.807) is 29.6 Å². The van der Waals surface area contributed by atoms with E-state index in [2.05, 4.69) is 29.5 Å². The molecule has 5 N–H and O–H groups in total. The van der Waals surface area contributed by atoms with Gasteiger partial charge in [-0.3, -0.25) is 4.79 Å². The minimum absolute atomic E-state index is 0.147. The molecular weight excluding hydrogens is 364 g/mol. The Bertz CT molecular complexity index is 652. The molecule has 1 aromatic rings. The summed E-state index contributed by atoms with van der Waals surface area (Å²) in [5.41, 5.74) is 1.26. The van der Waals surface area contributed by atoms with Crippen molar-refractivity contribution in [3.05, 3.63) is 36.9 Å². The number of hydrogen-bond acceptors (Lipinski definition) is 4. The number of thiocarbonyl (C=S) groups is 1. The fourth-order valence-electron chi connectivity index (χ4n) is 2.40. The van der Waals surface area contributed by atoms with Crippen LogP contribution >= 0.6 is 12.2 Å². The predicted octanol–water partition coefficient (Wildman–Crippen LogP) is 0.360. The molecule has 0 unspecified atom stereocenters. The first kappa shape index (κ1) is 22.6. The third-order valence-corrected chi connectivity index (χ3v) is 4.02. The molecule has 0 aliphatic carbocycles. The Balaban J connectivity index is 2.56. The van der Waals surface area contributed by atoms with Crippen LogP contribution < -0.4 is 26.4 Å². The van der Waals surface area contributed by atoms with Crippen molar-refractivity contribution in [2.24, 2.45) is 0 Å². The fourth-order valence-corrected chi connectivity index (χ4v) is 2.60. The first-order chi connectivity index (χ1) is 13.0. The smallest absolute Gasteiger partial charge is 0.230 e. The summed E-state index contributed by atoms with van der Waals surface area (Å²) in [6.07, 6.45) is 4.55. The lowest BCUT2D eigenvalue weighted by atomic mass is 10.1. The lowest BCUT2D eigenvalue weighted by Gasteiger charge is -2.16. The van der Waals surface area contributed by atoms with Gasteiger partial charge in [0, 0.05) is 17.9 Å². The molecule has 0 bridgehead atoms. The molecule has 1 amide bonds. The lowest BCUT2D eigenvalue weighted by Crippen LogP contribution is -2.93. The first-order valence-corrected chi connectivity index (χ1v) is 9.47. The second-order valence-corrected chi connectivity index (χ2v) is 6.52. The van der Waals surface area contributed by atoms with E-state index < -0.39 is 12.0 Å². The minimum atomic E-state index is -1.23. The summed E-state index contributed by atoms with van der Waals surface area (Å²) in [7, 11) is 0. The van der Waals surface area contributed by atoms with Crippen LogP contribution in [0.3, 0.4) is 0 Å². The Labute approximate surface area is 165 Å². The Kier molecular flexibility index (Phi) is 10.7. The van der Waals surface area contributed by atoms with Crippen molar-refractivity contribution in [3.8, 4) is 0 Å². The summed E-state index contributed by atoms with van der Waals surface area (Å²) < 4.78 is 0. The molecule has 1 aromatic carbocycles. The van der Waals surface area contributed by atoms with Gasteiger partial charge in [0.1, 0.15) is 6.04 Å². The highest BCUT2D eigenvalue weighted by molar-refractivity contribution is 7.80. The number of rotatable bonds is 12. The zero-order valence-corrected chi connectivity index (χ0v) is 16.4. The van der Waals surface area contributed by atoms with Gasteiger partial charge in [0.2, 0.25) is 5.91 Å². The SMILES string of the molecule is C=CCNC(=S)Nc1cccc(NC(=O)C[C@H]([NH2+]CCCCC)C(=O)[O-])c1. The zero-order valence-electron chi connectivity index (χ0n) is 15.6. The predicted molar refractivity (Wildman–Crippen MR) is 109 cm³/mol. The second kappa shape index (κ2) is 12.8. The molecule has 0 radical (unpaired) electrons. The highest BCUT2D eigenvalue weighted by atomic mass is 32.1. The maximum atomic E-state index is 12.2. The van der Waals surface area contributed by atoms with E-state index >= 15 is 0 Å². The number of unbranched alkanes of at least 4 members (excludes halogenated alkanes) is 2. The van der Waals surface area contributed by atoms with Gasteiger partial charge in [0.05, 0.1) is 18.9 Å². The molecule has 148 valence electrons. The first-order valence-electron chi connectivity index (χ1n) is 9.06. The minimum Gasteiger partial charge on any atom is -0.544 e. The van der Waals surface area contributed by atoms with Crippen LogP contribution in [-0.4, -0.2) is 36.1 Å². The molecule has 8 heteroatoms. The van der Waals surface area contributed by atoms with Gasteiger partial charge in [-0.05, 0) is 43.3 Å². The maximum Gasteiger partial charge on any atom is 0.230 e. The number of carbonyl (C=O) groups excluding carboxylic acids is 2. The number of aliphatic carboxylic acids is 1. The van der Waals surface area contributed by atoms with Crippen molar-refractivity contribution in [2.75, 3.05) is 23.7 Å². The van der Waals surface area contributed by atoms with Crippen molar-refractivity contribution >= 4 is 40.6 Å². The number of quaternary nitrogens is 1. The van der Waals surface area contributed by atoms with Crippen LogP contribution in [0.25, 0.3) is 0 Å². The standard InChI is InChI=1S/C19H28N4O3S/c1-3-5-6-11-20-16(18(25)26)13-17(24)22-14-8-7-9-15(12-14)23-19(27)21-10-4-2/h4,7-9,12,16,20H,2-3,5-6,10-11,13H2,1H3,(H,22,24)(H,25,26)(H2,21,23,27)/t16-/m0/s1. The number of carboxylic acids is 1. The molecule has 0 heterocycles. The Morgan fingerprint density at radius 2 is 2.00 bits per heavy atom. The average Bonchev–Trinajstić information content (AvgIpc) is 2.62. The summed E-state index contributed by atoms with van der Waals surface area (Å²) in [4.78, 5) is 23.5. The lowest BCUT2D eigenvalue weighted by molar-refractivity contribution is -0.682. The number of amides is 1. The van der Waals surface area contributed by atoms with Crippen LogP contribution in [0.4, 0.5) is 11.4 Å². The van der Waals surface area contributed by atoms with E-state index in [0.717, 1.165) is 19.3 Å². The van der Waals surface area contributed by atoms with E-state index in [1.165, 1.54) is 0 Å². The van der Waals surface area contributed by atoms with Crippen LogP contribution in [0.2, 0.25) is 0 Å². The van der Waals surface area contributed by atoms with Gasteiger partial charge in [-0.15, -0.1) is 6.58 Å². The third kappa shape index (κ3) is 9.72. The van der Waals surface area contributed by atoms with Crippen LogP contribution in [-0.2, 0) is 9.59 Å². The third-order valence-electron chi connectivity index (χ3n) is 3.78. The molecule has 0 spiro atoms. The molecule has 0 fully saturated rings. The molecular formula is C19H28N4O3S. The molecule has 0 aromatic heterocycles. The number of carbonyl (C=O) groups is 2. The van der Waals surface area contributed by atoms with Gasteiger partial charge in [-0.25, -0.2) is 0 Å². The number of hydrogen-bond donors (Lipinski definition) is 4. The molecule has 0 saturated heterocycles. The van der Waals surface area contributed by atoms with Gasteiger partial charge in [-0.1, -0.05) is 25.5 Å². The quantitative estimate of drug-likeness (QED) is 0.232. The molecule has 1 rings (SSSR count). The van der Waals surface area contributed by atoms with Crippen molar-refractivity contribution in [2.45, 2.75) is 38.6 Å². The van der Waals surface area contributed by atoms with Gasteiger partial charge >= 0.3 is 0 Å². The number of nitrogens with one attached hydrogen (secondary N) is 3. The topological polar surface area (TPSA) is 110 Å². The molecule has 1 atom stereocenters. The van der Waals surface area contributed by atoms with Crippen molar-refractivity contribution in [1.29, 1.82) is 0 Å². The van der Waals surface area contributed by atoms with E-state index in [1.807, 2.05) is 6.07 Å². The Hall–Kier alpha value is -2.45. The zero-order chi connectivity index (χ0) is 20.1. The fraction of sp³-hybridized carbons (Fsp3) is 0.421. The van der Waals surface area contributed by atoms with Crippen molar-refractivity contribution in [1.82, 2.24) is 5.32 Å². The number of benzene rings is 1. The molecule has 0 aliphatic heterocycles. The molecule has 0 aliphatic rings. The van der Waals surface area contributed by atoms with Gasteiger partial charge in [0.15, 0.2) is 5.11 Å². The van der Waals surface area contributed by atoms with Crippen LogP contribution in [0.5, 0.6) is 0 Å². The van der Waals surface area contributed by atoms with E-state index in [9.17, 15) is 14.7 Å². The Morgan fingerprint density at radius 1 is 1.30 bits per heavy atom. The molecule has 7 nitrogen and oxygen atoms in total. The summed E-state index contributed by atoms with van der Waals surface area (Å²) in [5, 5.41) is 22.0. The van der Waals surface area contributed by atoms with Gasteiger partial charge in [0.25, 0.3) is 0 Å². The highest BCUT2D eigenvalue weighted by Crippen LogP contribution is 2.15. The highest BCUT2D eigenvalue weighted by Gasteiger charge is 2.18.